The molecule has 1 saturated carbocycles. The molecule has 0 unspecified atom stereocenters. The predicted molar refractivity (Wildman–Crippen MR) is 89.5 cm³/mol. The number of nitrogens with two attached hydrogens (primary N) is 1. The zero-order chi connectivity index (χ0) is 15.5. The average molecular weight is 375 g/mol. The number of nitrogens with one attached hydrogen (secondary N) is 1. The van der Waals surface area contributed by atoms with Crippen molar-refractivity contribution in [2.75, 3.05) is 12.3 Å². The Morgan fingerprint density at radius 3 is 2.57 bits per heavy atom. The molecule has 0 aromatic heterocycles. The lowest BCUT2D eigenvalue weighted by Gasteiger charge is -2.26. The highest BCUT2D eigenvalue weighted by Crippen LogP contribution is 2.30. The van der Waals surface area contributed by atoms with E-state index in [2.05, 4.69) is 27.6 Å². The van der Waals surface area contributed by atoms with E-state index in [1.807, 2.05) is 0 Å². The fourth-order valence-corrected chi connectivity index (χ4v) is 4.97. The van der Waals surface area contributed by atoms with Crippen LogP contribution in [0.2, 0.25) is 0 Å². The van der Waals surface area contributed by atoms with Gasteiger partial charge in [0.2, 0.25) is 10.0 Å². The van der Waals surface area contributed by atoms with Crippen LogP contribution >= 0.6 is 15.9 Å². The van der Waals surface area contributed by atoms with Crippen molar-refractivity contribution in [1.82, 2.24) is 4.72 Å². The molecule has 0 radical (unpaired) electrons. The van der Waals surface area contributed by atoms with Crippen molar-refractivity contribution in [1.29, 1.82) is 0 Å². The van der Waals surface area contributed by atoms with Gasteiger partial charge in [-0.3, -0.25) is 0 Å². The summed E-state index contributed by atoms with van der Waals surface area (Å²) >= 11 is 3.26. The summed E-state index contributed by atoms with van der Waals surface area (Å²) < 4.78 is 27.7. The van der Waals surface area contributed by atoms with Gasteiger partial charge in [0, 0.05) is 16.7 Å². The second kappa shape index (κ2) is 7.11. The minimum absolute atomic E-state index is 0.244. The molecular formula is C15H23BrN2O2S. The molecule has 0 saturated heterocycles. The SMILES string of the molecule is CC1CCC(CCNS(=O)(=O)c2ccc(N)cc2Br)CC1. The minimum Gasteiger partial charge on any atom is -0.399 e. The van der Waals surface area contributed by atoms with Crippen LogP contribution < -0.4 is 10.5 Å². The van der Waals surface area contributed by atoms with Gasteiger partial charge in [0.15, 0.2) is 0 Å². The maximum absolute atomic E-state index is 12.3. The Labute approximate surface area is 135 Å². The summed E-state index contributed by atoms with van der Waals surface area (Å²) in [6.45, 7) is 2.79. The van der Waals surface area contributed by atoms with Crippen molar-refractivity contribution in [3.05, 3.63) is 22.7 Å². The van der Waals surface area contributed by atoms with Crippen molar-refractivity contribution < 1.29 is 8.42 Å². The molecule has 2 rings (SSSR count). The topological polar surface area (TPSA) is 72.2 Å². The van der Waals surface area contributed by atoms with Crippen molar-refractivity contribution >= 4 is 31.6 Å². The number of hydrogen-bond donors (Lipinski definition) is 2. The Balaban J connectivity index is 1.89. The highest BCUT2D eigenvalue weighted by Gasteiger charge is 2.20. The average Bonchev–Trinajstić information content (AvgIpc) is 2.40. The van der Waals surface area contributed by atoms with Crippen LogP contribution in [0.15, 0.2) is 27.6 Å². The first-order chi connectivity index (χ1) is 9.88. The monoisotopic (exact) mass is 374 g/mol. The third-order valence-electron chi connectivity index (χ3n) is 4.23. The number of nitrogen functional groups attached to an aromatic ring is 1. The Morgan fingerprint density at radius 1 is 1.29 bits per heavy atom. The fourth-order valence-electron chi connectivity index (χ4n) is 2.83. The van der Waals surface area contributed by atoms with E-state index in [1.165, 1.54) is 31.7 Å². The molecule has 3 N–H and O–H groups in total. The second-order valence-corrected chi connectivity index (χ2v) is 8.59. The molecule has 1 aliphatic rings. The third-order valence-corrected chi connectivity index (χ3v) is 6.66. The van der Waals surface area contributed by atoms with E-state index in [-0.39, 0.29) is 4.90 Å². The lowest BCUT2D eigenvalue weighted by atomic mass is 9.81. The molecule has 0 heterocycles. The quantitative estimate of drug-likeness (QED) is 0.774. The van der Waals surface area contributed by atoms with Gasteiger partial charge >= 0.3 is 0 Å². The molecule has 4 nitrogen and oxygen atoms in total. The van der Waals surface area contributed by atoms with Gasteiger partial charge in [-0.05, 0) is 52.4 Å². The number of sulfonamides is 1. The number of hydrogen-bond acceptors (Lipinski definition) is 3. The summed E-state index contributed by atoms with van der Waals surface area (Å²) in [7, 11) is -3.47. The predicted octanol–water partition coefficient (Wildman–Crippen LogP) is 3.53. The normalized spacial score (nSPS) is 23.1. The zero-order valence-electron chi connectivity index (χ0n) is 12.3. The van der Waals surface area contributed by atoms with Crippen molar-refractivity contribution in [2.45, 2.75) is 43.9 Å². The molecule has 0 atom stereocenters. The van der Waals surface area contributed by atoms with E-state index in [0.717, 1.165) is 12.3 Å². The standard InChI is InChI=1S/C15H23BrN2O2S/c1-11-2-4-12(5-3-11)8-9-18-21(19,20)15-7-6-13(17)10-14(15)16/h6-7,10-12,18H,2-5,8-9,17H2,1H3. The molecule has 1 fully saturated rings. The summed E-state index contributed by atoms with van der Waals surface area (Å²) in [6, 6.07) is 4.74. The van der Waals surface area contributed by atoms with Gasteiger partial charge in [-0.15, -0.1) is 0 Å². The molecule has 1 aromatic rings. The second-order valence-electron chi connectivity index (χ2n) is 6.00. The van der Waals surface area contributed by atoms with Crippen LogP contribution in [-0.2, 0) is 10.0 Å². The van der Waals surface area contributed by atoms with Crippen molar-refractivity contribution in [2.24, 2.45) is 11.8 Å². The minimum atomic E-state index is -3.47. The molecule has 118 valence electrons. The van der Waals surface area contributed by atoms with Crippen molar-refractivity contribution in [3.63, 3.8) is 0 Å². The van der Waals surface area contributed by atoms with Crippen LogP contribution in [0.4, 0.5) is 5.69 Å². The molecular weight excluding hydrogens is 352 g/mol. The van der Waals surface area contributed by atoms with E-state index < -0.39 is 10.0 Å². The Morgan fingerprint density at radius 2 is 1.95 bits per heavy atom. The highest BCUT2D eigenvalue weighted by atomic mass is 79.9. The first kappa shape index (κ1) is 16.8. The van der Waals surface area contributed by atoms with Gasteiger partial charge in [0.1, 0.15) is 0 Å². The Hall–Kier alpha value is -0.590. The fraction of sp³-hybridized carbons (Fsp3) is 0.600. The molecule has 0 bridgehead atoms. The van der Waals surface area contributed by atoms with Crippen LogP contribution in [0, 0.1) is 11.8 Å². The Bertz CT molecular complexity index is 581. The molecule has 0 amide bonds. The first-order valence-corrected chi connectivity index (χ1v) is 9.71. The van der Waals surface area contributed by atoms with Gasteiger partial charge in [-0.25, -0.2) is 13.1 Å². The van der Waals surface area contributed by atoms with Crippen LogP contribution in [0.3, 0.4) is 0 Å². The number of rotatable bonds is 5. The van der Waals surface area contributed by atoms with Gasteiger partial charge in [-0.2, -0.15) is 0 Å². The van der Waals surface area contributed by atoms with Crippen LogP contribution in [0.5, 0.6) is 0 Å². The molecule has 1 aromatic carbocycles. The number of halogens is 1. The molecule has 0 spiro atoms. The lowest BCUT2D eigenvalue weighted by molar-refractivity contribution is 0.278. The van der Waals surface area contributed by atoms with E-state index in [4.69, 9.17) is 5.73 Å². The summed E-state index contributed by atoms with van der Waals surface area (Å²) in [6.07, 6.45) is 5.88. The molecule has 6 heteroatoms. The summed E-state index contributed by atoms with van der Waals surface area (Å²) in [5, 5.41) is 0. The number of benzene rings is 1. The highest BCUT2D eigenvalue weighted by molar-refractivity contribution is 9.10. The zero-order valence-corrected chi connectivity index (χ0v) is 14.7. The summed E-state index contributed by atoms with van der Waals surface area (Å²) in [5.74, 6) is 1.47. The molecule has 1 aliphatic carbocycles. The van der Waals surface area contributed by atoms with Gasteiger partial charge in [-0.1, -0.05) is 32.6 Å². The van der Waals surface area contributed by atoms with Gasteiger partial charge < -0.3 is 5.73 Å². The van der Waals surface area contributed by atoms with E-state index in [1.54, 1.807) is 12.1 Å². The van der Waals surface area contributed by atoms with Crippen LogP contribution in [0.1, 0.15) is 39.0 Å². The summed E-state index contributed by atoms with van der Waals surface area (Å²) in [4.78, 5) is 0.244. The number of anilines is 1. The summed E-state index contributed by atoms with van der Waals surface area (Å²) in [5.41, 5.74) is 6.17. The van der Waals surface area contributed by atoms with E-state index in [0.29, 0.717) is 22.6 Å². The van der Waals surface area contributed by atoms with Crippen LogP contribution in [-0.4, -0.2) is 15.0 Å². The van der Waals surface area contributed by atoms with Gasteiger partial charge in [0.25, 0.3) is 0 Å². The van der Waals surface area contributed by atoms with Crippen molar-refractivity contribution in [3.8, 4) is 0 Å². The molecule has 21 heavy (non-hydrogen) atoms. The maximum Gasteiger partial charge on any atom is 0.241 e. The third kappa shape index (κ3) is 4.69. The largest absolute Gasteiger partial charge is 0.399 e. The van der Waals surface area contributed by atoms with E-state index in [9.17, 15) is 8.42 Å². The van der Waals surface area contributed by atoms with E-state index >= 15 is 0 Å². The smallest absolute Gasteiger partial charge is 0.241 e. The van der Waals surface area contributed by atoms with Crippen LogP contribution in [0.25, 0.3) is 0 Å². The lowest BCUT2D eigenvalue weighted by Crippen LogP contribution is -2.27. The van der Waals surface area contributed by atoms with Gasteiger partial charge in [0.05, 0.1) is 4.90 Å². The Kier molecular flexibility index (Phi) is 5.68. The maximum atomic E-state index is 12.3. The molecule has 0 aliphatic heterocycles. The first-order valence-electron chi connectivity index (χ1n) is 7.43.